The van der Waals surface area contributed by atoms with Crippen molar-refractivity contribution in [1.29, 1.82) is 0 Å². The summed E-state index contributed by atoms with van der Waals surface area (Å²) in [6.45, 7) is 0.204. The highest BCUT2D eigenvalue weighted by Gasteiger charge is 2.14. The van der Waals surface area contributed by atoms with Crippen molar-refractivity contribution >= 4 is 15.9 Å². The molecule has 0 radical (unpaired) electrons. The molecular formula is C18H18N2O4S. The first-order chi connectivity index (χ1) is 12.0. The highest BCUT2D eigenvalue weighted by molar-refractivity contribution is 7.89. The third-order valence-corrected chi connectivity index (χ3v) is 4.84. The van der Waals surface area contributed by atoms with E-state index in [0.717, 1.165) is 5.56 Å². The number of terminal acetylenes is 1. The number of benzene rings is 2. The maximum Gasteiger partial charge on any atom is 0.251 e. The first-order valence-corrected chi connectivity index (χ1v) is 8.89. The summed E-state index contributed by atoms with van der Waals surface area (Å²) in [5, 5.41) is 2.77. The summed E-state index contributed by atoms with van der Waals surface area (Å²) in [6.07, 6.45) is 5.04. The molecule has 2 aromatic carbocycles. The molecule has 0 unspecified atom stereocenters. The van der Waals surface area contributed by atoms with E-state index in [2.05, 4.69) is 16.0 Å². The highest BCUT2D eigenvalue weighted by Crippen LogP contribution is 2.17. The molecule has 0 spiro atoms. The Kier molecular flexibility index (Phi) is 6.17. The number of para-hydroxylation sites is 1. The van der Waals surface area contributed by atoms with Crippen LogP contribution in [-0.2, 0) is 16.6 Å². The second-order valence-electron chi connectivity index (χ2n) is 5.05. The molecule has 2 rings (SSSR count). The minimum Gasteiger partial charge on any atom is -0.496 e. The molecule has 1 amide bonds. The molecule has 0 atom stereocenters. The SMILES string of the molecule is C#CCNS(=O)(=O)c1ccc(C(=O)NCc2ccccc2OC)cc1. The number of nitrogens with one attached hydrogen (secondary N) is 2. The van der Waals surface area contributed by atoms with Gasteiger partial charge in [-0.2, -0.15) is 4.72 Å². The van der Waals surface area contributed by atoms with Gasteiger partial charge in [0, 0.05) is 17.7 Å². The standard InChI is InChI=1S/C18H18N2O4S/c1-3-12-20-25(22,23)16-10-8-14(9-11-16)18(21)19-13-15-6-4-5-7-17(15)24-2/h1,4-11,20H,12-13H2,2H3,(H,19,21). The maximum atomic E-state index is 12.2. The number of rotatable bonds is 7. The monoisotopic (exact) mass is 358 g/mol. The summed E-state index contributed by atoms with van der Waals surface area (Å²) in [7, 11) is -2.11. The Morgan fingerprint density at radius 3 is 2.48 bits per heavy atom. The lowest BCUT2D eigenvalue weighted by Gasteiger charge is -2.10. The Morgan fingerprint density at radius 1 is 1.16 bits per heavy atom. The third kappa shape index (κ3) is 4.83. The molecular weight excluding hydrogens is 340 g/mol. The van der Waals surface area contributed by atoms with E-state index in [0.29, 0.717) is 17.9 Å². The second kappa shape index (κ2) is 8.33. The predicted molar refractivity (Wildman–Crippen MR) is 94.6 cm³/mol. The molecule has 0 bridgehead atoms. The number of amides is 1. The van der Waals surface area contributed by atoms with Crippen LogP contribution >= 0.6 is 0 Å². The molecule has 2 N–H and O–H groups in total. The Bertz CT molecular complexity index is 884. The van der Waals surface area contributed by atoms with Crippen LogP contribution in [0.4, 0.5) is 0 Å². The number of carbonyl (C=O) groups is 1. The van der Waals surface area contributed by atoms with Crippen LogP contribution in [0.15, 0.2) is 53.4 Å². The lowest BCUT2D eigenvalue weighted by molar-refractivity contribution is 0.0950. The predicted octanol–water partition coefficient (Wildman–Crippen LogP) is 1.54. The Labute approximate surface area is 147 Å². The Morgan fingerprint density at radius 2 is 1.84 bits per heavy atom. The van der Waals surface area contributed by atoms with Crippen molar-refractivity contribution in [3.05, 3.63) is 59.7 Å². The number of hydrogen-bond donors (Lipinski definition) is 2. The zero-order valence-corrected chi connectivity index (χ0v) is 14.5. The molecule has 0 saturated heterocycles. The van der Waals surface area contributed by atoms with Crippen LogP contribution < -0.4 is 14.8 Å². The molecule has 130 valence electrons. The fraction of sp³-hybridized carbons (Fsp3) is 0.167. The lowest BCUT2D eigenvalue weighted by Crippen LogP contribution is -2.25. The van der Waals surface area contributed by atoms with E-state index in [9.17, 15) is 13.2 Å². The van der Waals surface area contributed by atoms with Gasteiger partial charge in [-0.25, -0.2) is 8.42 Å². The van der Waals surface area contributed by atoms with E-state index in [1.807, 2.05) is 24.3 Å². The first-order valence-electron chi connectivity index (χ1n) is 7.41. The number of sulfonamides is 1. The fourth-order valence-corrected chi connectivity index (χ4v) is 3.07. The van der Waals surface area contributed by atoms with Crippen molar-refractivity contribution in [2.75, 3.05) is 13.7 Å². The molecule has 0 aliphatic rings. The topological polar surface area (TPSA) is 84.5 Å². The van der Waals surface area contributed by atoms with E-state index in [4.69, 9.17) is 11.2 Å². The van der Waals surface area contributed by atoms with Crippen molar-refractivity contribution < 1.29 is 17.9 Å². The summed E-state index contributed by atoms with van der Waals surface area (Å²) in [5.74, 6) is 2.57. The average Bonchev–Trinajstić information content (AvgIpc) is 2.64. The van der Waals surface area contributed by atoms with Gasteiger partial charge in [0.05, 0.1) is 18.6 Å². The number of methoxy groups -OCH3 is 1. The van der Waals surface area contributed by atoms with Gasteiger partial charge in [0.1, 0.15) is 5.75 Å². The van der Waals surface area contributed by atoms with Gasteiger partial charge in [-0.05, 0) is 30.3 Å². The van der Waals surface area contributed by atoms with E-state index in [1.165, 1.54) is 24.3 Å². The zero-order valence-electron chi connectivity index (χ0n) is 13.7. The first kappa shape index (κ1) is 18.5. The van der Waals surface area contributed by atoms with Crippen LogP contribution in [0, 0.1) is 12.3 Å². The highest BCUT2D eigenvalue weighted by atomic mass is 32.2. The quantitative estimate of drug-likeness (QED) is 0.736. The van der Waals surface area contributed by atoms with Gasteiger partial charge in [0.15, 0.2) is 0 Å². The minimum atomic E-state index is -3.67. The molecule has 7 heteroatoms. The second-order valence-corrected chi connectivity index (χ2v) is 6.81. The van der Waals surface area contributed by atoms with E-state index in [1.54, 1.807) is 7.11 Å². The van der Waals surface area contributed by atoms with Gasteiger partial charge in [0.2, 0.25) is 10.0 Å². The van der Waals surface area contributed by atoms with Gasteiger partial charge in [0.25, 0.3) is 5.91 Å². The smallest absolute Gasteiger partial charge is 0.251 e. The normalized spacial score (nSPS) is 10.7. The van der Waals surface area contributed by atoms with E-state index >= 15 is 0 Å². The molecule has 0 fully saturated rings. The molecule has 25 heavy (non-hydrogen) atoms. The summed E-state index contributed by atoms with van der Waals surface area (Å²) in [6, 6.07) is 13.0. The molecule has 0 aliphatic heterocycles. The molecule has 0 heterocycles. The van der Waals surface area contributed by atoms with E-state index < -0.39 is 10.0 Å². The maximum absolute atomic E-state index is 12.2. The summed E-state index contributed by atoms with van der Waals surface area (Å²) >= 11 is 0. The summed E-state index contributed by atoms with van der Waals surface area (Å²) < 4.78 is 31.3. The minimum absolute atomic E-state index is 0.0454. The molecule has 0 aromatic heterocycles. The zero-order chi connectivity index (χ0) is 18.3. The largest absolute Gasteiger partial charge is 0.496 e. The van der Waals surface area contributed by atoms with Crippen LogP contribution in [-0.4, -0.2) is 28.0 Å². The number of hydrogen-bond acceptors (Lipinski definition) is 4. The van der Waals surface area contributed by atoms with Gasteiger partial charge in [-0.1, -0.05) is 24.1 Å². The van der Waals surface area contributed by atoms with Crippen LogP contribution in [0.3, 0.4) is 0 Å². The lowest BCUT2D eigenvalue weighted by atomic mass is 10.2. The third-order valence-electron chi connectivity index (χ3n) is 3.42. The van der Waals surface area contributed by atoms with Crippen molar-refractivity contribution in [1.82, 2.24) is 10.0 Å². The number of ether oxygens (including phenoxy) is 1. The van der Waals surface area contributed by atoms with Crippen molar-refractivity contribution in [2.45, 2.75) is 11.4 Å². The fourth-order valence-electron chi connectivity index (χ4n) is 2.13. The Balaban J connectivity index is 2.04. The van der Waals surface area contributed by atoms with Crippen molar-refractivity contribution in [3.8, 4) is 18.1 Å². The van der Waals surface area contributed by atoms with Crippen LogP contribution in [0.1, 0.15) is 15.9 Å². The van der Waals surface area contributed by atoms with Gasteiger partial charge in [-0.15, -0.1) is 6.42 Å². The van der Waals surface area contributed by atoms with Gasteiger partial charge < -0.3 is 10.1 Å². The molecule has 2 aromatic rings. The summed E-state index contributed by atoms with van der Waals surface area (Å²) in [5.41, 5.74) is 1.20. The van der Waals surface area contributed by atoms with Crippen molar-refractivity contribution in [3.63, 3.8) is 0 Å². The Hall–Kier alpha value is -2.82. The van der Waals surface area contributed by atoms with Gasteiger partial charge >= 0.3 is 0 Å². The van der Waals surface area contributed by atoms with E-state index in [-0.39, 0.29) is 17.3 Å². The summed E-state index contributed by atoms with van der Waals surface area (Å²) in [4.78, 5) is 12.3. The average molecular weight is 358 g/mol. The van der Waals surface area contributed by atoms with Gasteiger partial charge in [-0.3, -0.25) is 4.79 Å². The molecule has 6 nitrogen and oxygen atoms in total. The molecule has 0 saturated carbocycles. The van der Waals surface area contributed by atoms with Crippen LogP contribution in [0.25, 0.3) is 0 Å². The van der Waals surface area contributed by atoms with Crippen molar-refractivity contribution in [2.24, 2.45) is 0 Å². The molecule has 0 aliphatic carbocycles. The van der Waals surface area contributed by atoms with Crippen LogP contribution in [0.5, 0.6) is 5.75 Å². The van der Waals surface area contributed by atoms with Crippen LogP contribution in [0.2, 0.25) is 0 Å². The number of carbonyl (C=O) groups excluding carboxylic acids is 1.